The Balaban J connectivity index is 1.52. The van der Waals surface area contributed by atoms with E-state index in [0.29, 0.717) is 5.82 Å². The SMILES string of the molecule is CCN(CC)c1ccc(C2=Nn3c(nnc3-c3cc(-c4ccccc4)nn3C)SC2C)cc1. The Hall–Kier alpha value is -3.39. The predicted molar refractivity (Wildman–Crippen MR) is 135 cm³/mol. The van der Waals surface area contributed by atoms with Crippen LogP contribution in [0.1, 0.15) is 26.3 Å². The number of aryl methyl sites for hydroxylation is 1. The smallest absolute Gasteiger partial charge is 0.213 e. The third-order valence-corrected chi connectivity index (χ3v) is 7.00. The monoisotopic (exact) mass is 457 g/mol. The maximum atomic E-state index is 5.00. The minimum Gasteiger partial charge on any atom is -0.372 e. The zero-order chi connectivity index (χ0) is 22.9. The highest BCUT2D eigenvalue weighted by Gasteiger charge is 2.27. The summed E-state index contributed by atoms with van der Waals surface area (Å²) in [6.45, 7) is 8.51. The molecule has 2 aromatic carbocycles. The predicted octanol–water partition coefficient (Wildman–Crippen LogP) is 4.94. The molecule has 0 fully saturated rings. The average Bonchev–Trinajstić information content (AvgIpc) is 3.43. The molecular formula is C25H27N7S. The first-order chi connectivity index (χ1) is 16.1. The Labute approximate surface area is 198 Å². The molecule has 0 aliphatic carbocycles. The first-order valence-electron chi connectivity index (χ1n) is 11.2. The van der Waals surface area contributed by atoms with Gasteiger partial charge >= 0.3 is 0 Å². The van der Waals surface area contributed by atoms with Gasteiger partial charge in [-0.2, -0.15) is 14.9 Å². The summed E-state index contributed by atoms with van der Waals surface area (Å²) in [5, 5.41) is 19.6. The van der Waals surface area contributed by atoms with Crippen LogP contribution in [0.5, 0.6) is 0 Å². The number of aromatic nitrogens is 5. The minimum atomic E-state index is 0.181. The van der Waals surface area contributed by atoms with Gasteiger partial charge < -0.3 is 4.90 Å². The second-order valence-corrected chi connectivity index (χ2v) is 9.29. The van der Waals surface area contributed by atoms with E-state index in [0.717, 1.165) is 46.5 Å². The van der Waals surface area contributed by atoms with Crippen LogP contribution in [0, 0.1) is 0 Å². The zero-order valence-electron chi connectivity index (χ0n) is 19.3. The highest BCUT2D eigenvalue weighted by atomic mass is 32.2. The van der Waals surface area contributed by atoms with Crippen LogP contribution in [0.3, 0.4) is 0 Å². The molecule has 0 saturated carbocycles. The Morgan fingerprint density at radius 1 is 0.939 bits per heavy atom. The van der Waals surface area contributed by atoms with Crippen LogP contribution >= 0.6 is 11.8 Å². The highest BCUT2D eigenvalue weighted by Crippen LogP contribution is 2.34. The van der Waals surface area contributed by atoms with E-state index in [-0.39, 0.29) is 5.25 Å². The molecule has 2 aromatic heterocycles. The summed E-state index contributed by atoms with van der Waals surface area (Å²) in [5.41, 5.74) is 6.21. The Morgan fingerprint density at radius 2 is 1.67 bits per heavy atom. The summed E-state index contributed by atoms with van der Waals surface area (Å²) in [6, 6.07) is 20.9. The number of rotatable bonds is 6. The molecule has 0 amide bonds. The topological polar surface area (TPSA) is 64.1 Å². The van der Waals surface area contributed by atoms with E-state index in [2.05, 4.69) is 72.3 Å². The molecule has 0 saturated heterocycles. The Morgan fingerprint density at radius 3 is 2.36 bits per heavy atom. The first kappa shape index (κ1) is 21.5. The van der Waals surface area contributed by atoms with Crippen LogP contribution in [0.25, 0.3) is 22.8 Å². The van der Waals surface area contributed by atoms with Gasteiger partial charge in [-0.15, -0.1) is 10.2 Å². The van der Waals surface area contributed by atoms with Crippen molar-refractivity contribution in [2.24, 2.45) is 12.1 Å². The van der Waals surface area contributed by atoms with Crippen molar-refractivity contribution in [3.63, 3.8) is 0 Å². The summed E-state index contributed by atoms with van der Waals surface area (Å²) >= 11 is 1.68. The quantitative estimate of drug-likeness (QED) is 0.410. The number of anilines is 1. The fourth-order valence-electron chi connectivity index (χ4n) is 4.14. The van der Waals surface area contributed by atoms with Crippen molar-refractivity contribution in [1.82, 2.24) is 24.7 Å². The van der Waals surface area contributed by atoms with E-state index in [1.165, 1.54) is 5.69 Å². The van der Waals surface area contributed by atoms with E-state index in [4.69, 9.17) is 10.2 Å². The van der Waals surface area contributed by atoms with Crippen LogP contribution in [0.4, 0.5) is 5.69 Å². The Kier molecular flexibility index (Phi) is 5.76. The molecule has 0 bridgehead atoms. The molecular weight excluding hydrogens is 430 g/mol. The van der Waals surface area contributed by atoms with Gasteiger partial charge in [0.1, 0.15) is 5.69 Å². The fraction of sp³-hybridized carbons (Fsp3) is 0.280. The molecule has 8 heteroatoms. The molecule has 1 aliphatic rings. The molecule has 0 spiro atoms. The van der Waals surface area contributed by atoms with Crippen molar-refractivity contribution in [2.45, 2.75) is 31.2 Å². The van der Waals surface area contributed by atoms with Crippen molar-refractivity contribution >= 4 is 23.2 Å². The molecule has 1 unspecified atom stereocenters. The van der Waals surface area contributed by atoms with E-state index < -0.39 is 0 Å². The Bertz CT molecular complexity index is 1280. The van der Waals surface area contributed by atoms with Gasteiger partial charge in [0.15, 0.2) is 0 Å². The number of thioether (sulfide) groups is 1. The zero-order valence-corrected chi connectivity index (χ0v) is 20.1. The summed E-state index contributed by atoms with van der Waals surface area (Å²) in [7, 11) is 1.93. The molecule has 4 aromatic rings. The van der Waals surface area contributed by atoms with Gasteiger partial charge in [-0.05, 0) is 44.5 Å². The van der Waals surface area contributed by atoms with Gasteiger partial charge in [0, 0.05) is 31.4 Å². The van der Waals surface area contributed by atoms with E-state index >= 15 is 0 Å². The van der Waals surface area contributed by atoms with Crippen LogP contribution in [0.15, 0.2) is 70.9 Å². The number of nitrogens with zero attached hydrogens (tertiary/aromatic N) is 7. The molecule has 5 rings (SSSR count). The van der Waals surface area contributed by atoms with Crippen molar-refractivity contribution in [3.05, 3.63) is 66.2 Å². The third kappa shape index (κ3) is 3.95. The normalized spacial score (nSPS) is 15.3. The molecule has 3 heterocycles. The lowest BCUT2D eigenvalue weighted by atomic mass is 10.1. The lowest BCUT2D eigenvalue weighted by Gasteiger charge is -2.23. The maximum Gasteiger partial charge on any atom is 0.213 e. The standard InChI is InChI=1S/C25H27N7S/c1-5-31(6-2)20-14-12-19(13-15-20)23-17(3)33-25-27-26-24(32(25)29-23)22-16-21(28-30(22)4)18-10-8-7-9-11-18/h7-17H,5-6H2,1-4H3. The molecule has 0 N–H and O–H groups in total. The van der Waals surface area contributed by atoms with Crippen LogP contribution < -0.4 is 4.90 Å². The van der Waals surface area contributed by atoms with Crippen molar-refractivity contribution < 1.29 is 0 Å². The van der Waals surface area contributed by atoms with Crippen LogP contribution in [0.2, 0.25) is 0 Å². The summed E-state index contributed by atoms with van der Waals surface area (Å²) in [4.78, 5) is 2.34. The number of hydrogen-bond donors (Lipinski definition) is 0. The molecule has 1 atom stereocenters. The summed E-state index contributed by atoms with van der Waals surface area (Å²) in [6.07, 6.45) is 0. The highest BCUT2D eigenvalue weighted by molar-refractivity contribution is 8.00. The lowest BCUT2D eigenvalue weighted by molar-refractivity contribution is 0.732. The van der Waals surface area contributed by atoms with Crippen molar-refractivity contribution in [1.29, 1.82) is 0 Å². The molecule has 1 aliphatic heterocycles. The molecule has 7 nitrogen and oxygen atoms in total. The third-order valence-electron chi connectivity index (χ3n) is 5.96. The van der Waals surface area contributed by atoms with E-state index in [9.17, 15) is 0 Å². The second kappa shape index (κ2) is 8.86. The van der Waals surface area contributed by atoms with Crippen molar-refractivity contribution in [3.8, 4) is 22.8 Å². The number of hydrogen-bond acceptors (Lipinski definition) is 6. The summed E-state index contributed by atoms with van der Waals surface area (Å²) in [5.74, 6) is 0.693. The van der Waals surface area contributed by atoms with Gasteiger partial charge in [0.05, 0.1) is 16.7 Å². The number of fused-ring (bicyclic) bond motifs is 1. The first-order valence-corrected chi connectivity index (χ1v) is 12.1. The van der Waals surface area contributed by atoms with Crippen LogP contribution in [-0.2, 0) is 7.05 Å². The molecule has 168 valence electrons. The lowest BCUT2D eigenvalue weighted by Crippen LogP contribution is -2.23. The van der Waals surface area contributed by atoms with Crippen molar-refractivity contribution in [2.75, 3.05) is 18.0 Å². The summed E-state index contributed by atoms with van der Waals surface area (Å²) < 4.78 is 3.69. The van der Waals surface area contributed by atoms with Gasteiger partial charge in [-0.25, -0.2) is 0 Å². The largest absolute Gasteiger partial charge is 0.372 e. The van der Waals surface area contributed by atoms with Gasteiger partial charge in [-0.1, -0.05) is 54.2 Å². The maximum absolute atomic E-state index is 5.00. The minimum absolute atomic E-state index is 0.181. The number of benzene rings is 2. The second-order valence-electron chi connectivity index (χ2n) is 7.99. The van der Waals surface area contributed by atoms with Gasteiger partial charge in [-0.3, -0.25) is 4.68 Å². The van der Waals surface area contributed by atoms with E-state index in [1.54, 1.807) is 11.8 Å². The molecule has 33 heavy (non-hydrogen) atoms. The van der Waals surface area contributed by atoms with E-state index in [1.807, 2.05) is 40.7 Å². The van der Waals surface area contributed by atoms with Gasteiger partial charge in [0.25, 0.3) is 0 Å². The van der Waals surface area contributed by atoms with Gasteiger partial charge in [0.2, 0.25) is 11.0 Å². The fourth-order valence-corrected chi connectivity index (χ4v) is 5.07. The molecule has 0 radical (unpaired) electrons. The average molecular weight is 458 g/mol. The van der Waals surface area contributed by atoms with Crippen LogP contribution in [-0.4, -0.2) is 48.7 Å².